The van der Waals surface area contributed by atoms with Crippen molar-refractivity contribution in [2.45, 2.75) is 18.9 Å². The number of halogens is 1. The van der Waals surface area contributed by atoms with Crippen LogP contribution < -0.4 is 5.32 Å². The van der Waals surface area contributed by atoms with Gasteiger partial charge in [0.25, 0.3) is 0 Å². The van der Waals surface area contributed by atoms with E-state index in [0.29, 0.717) is 11.6 Å². The van der Waals surface area contributed by atoms with E-state index in [0.717, 1.165) is 36.2 Å². The molecule has 1 aliphatic rings. The molecule has 1 fully saturated rings. The summed E-state index contributed by atoms with van der Waals surface area (Å²) in [5.41, 5.74) is 1.47. The molecule has 0 aliphatic carbocycles. The Balaban J connectivity index is 2.11. The van der Waals surface area contributed by atoms with Gasteiger partial charge in [-0.25, -0.2) is 4.79 Å². The van der Waals surface area contributed by atoms with E-state index in [1.54, 1.807) is 0 Å². The molecule has 2 rings (SSSR count). The van der Waals surface area contributed by atoms with Crippen molar-refractivity contribution in [1.29, 1.82) is 0 Å². The summed E-state index contributed by atoms with van der Waals surface area (Å²) in [4.78, 5) is 11.6. The first-order valence-electron chi connectivity index (χ1n) is 5.93. The predicted octanol–water partition coefficient (Wildman–Crippen LogP) is 2.83. The molecular formula is C13H16BrNO3. The molecule has 1 aliphatic heterocycles. The van der Waals surface area contributed by atoms with Gasteiger partial charge in [-0.15, -0.1) is 0 Å². The van der Waals surface area contributed by atoms with Gasteiger partial charge < -0.3 is 14.8 Å². The zero-order chi connectivity index (χ0) is 13.0. The monoisotopic (exact) mass is 313 g/mol. The van der Waals surface area contributed by atoms with Crippen molar-refractivity contribution in [2.75, 3.05) is 25.6 Å². The average Bonchev–Trinajstić information content (AvgIpc) is 2.41. The molecule has 5 heteroatoms. The first-order valence-corrected chi connectivity index (χ1v) is 6.72. The second-order valence-electron chi connectivity index (χ2n) is 4.22. The summed E-state index contributed by atoms with van der Waals surface area (Å²) in [6.45, 7) is 1.58. The van der Waals surface area contributed by atoms with Crippen LogP contribution in [0, 0.1) is 0 Å². The summed E-state index contributed by atoms with van der Waals surface area (Å²) in [7, 11) is 1.38. The van der Waals surface area contributed by atoms with Crippen LogP contribution in [0.1, 0.15) is 23.2 Å². The molecule has 1 aromatic carbocycles. The highest BCUT2D eigenvalue weighted by Crippen LogP contribution is 2.23. The van der Waals surface area contributed by atoms with Crippen LogP contribution in [-0.4, -0.2) is 32.3 Å². The fourth-order valence-corrected chi connectivity index (χ4v) is 2.37. The lowest BCUT2D eigenvalue weighted by Crippen LogP contribution is -2.27. The molecule has 0 bridgehead atoms. The fourth-order valence-electron chi connectivity index (χ4n) is 1.96. The Morgan fingerprint density at radius 3 is 2.83 bits per heavy atom. The quantitative estimate of drug-likeness (QED) is 0.872. The van der Waals surface area contributed by atoms with Gasteiger partial charge in [0.2, 0.25) is 0 Å². The topological polar surface area (TPSA) is 47.6 Å². The van der Waals surface area contributed by atoms with Crippen LogP contribution in [-0.2, 0) is 9.47 Å². The second kappa shape index (κ2) is 6.20. The Bertz CT molecular complexity index is 430. The zero-order valence-electron chi connectivity index (χ0n) is 10.2. The summed E-state index contributed by atoms with van der Waals surface area (Å²) in [5.74, 6) is -0.336. The van der Waals surface area contributed by atoms with E-state index < -0.39 is 0 Å². The van der Waals surface area contributed by atoms with Crippen LogP contribution in [0.3, 0.4) is 0 Å². The van der Waals surface area contributed by atoms with Crippen LogP contribution >= 0.6 is 15.9 Å². The number of rotatable bonds is 3. The number of hydrogen-bond acceptors (Lipinski definition) is 4. The van der Waals surface area contributed by atoms with Gasteiger partial charge in [-0.3, -0.25) is 0 Å². The largest absolute Gasteiger partial charge is 0.465 e. The number of esters is 1. The molecule has 1 heterocycles. The molecule has 18 heavy (non-hydrogen) atoms. The van der Waals surface area contributed by atoms with E-state index in [9.17, 15) is 4.79 Å². The Morgan fingerprint density at radius 2 is 2.17 bits per heavy atom. The molecule has 4 nitrogen and oxygen atoms in total. The van der Waals surface area contributed by atoms with Crippen molar-refractivity contribution in [3.63, 3.8) is 0 Å². The lowest BCUT2D eigenvalue weighted by atomic mass is 10.1. The summed E-state index contributed by atoms with van der Waals surface area (Å²) in [6, 6.07) is 6.02. The highest BCUT2D eigenvalue weighted by Gasteiger charge is 2.15. The number of benzene rings is 1. The maximum Gasteiger partial charge on any atom is 0.339 e. The standard InChI is InChI=1S/C13H16BrNO3/c1-17-13(16)11-8-10(2-3-12(11)14)15-9-4-6-18-7-5-9/h2-3,8-9,15H,4-7H2,1H3. The lowest BCUT2D eigenvalue weighted by molar-refractivity contribution is 0.0599. The minimum atomic E-state index is -0.336. The van der Waals surface area contributed by atoms with Gasteiger partial charge in [-0.2, -0.15) is 0 Å². The maximum atomic E-state index is 11.6. The molecule has 1 saturated heterocycles. The Labute approximate surface area is 115 Å². The van der Waals surface area contributed by atoms with Gasteiger partial charge in [-0.1, -0.05) is 0 Å². The predicted molar refractivity (Wildman–Crippen MR) is 72.9 cm³/mol. The first kappa shape index (κ1) is 13.4. The van der Waals surface area contributed by atoms with Crippen molar-refractivity contribution in [3.8, 4) is 0 Å². The van der Waals surface area contributed by atoms with Crippen molar-refractivity contribution in [3.05, 3.63) is 28.2 Å². The molecular weight excluding hydrogens is 298 g/mol. The number of carbonyl (C=O) groups is 1. The fraction of sp³-hybridized carbons (Fsp3) is 0.462. The smallest absolute Gasteiger partial charge is 0.339 e. The molecule has 0 aromatic heterocycles. The minimum Gasteiger partial charge on any atom is -0.465 e. The van der Waals surface area contributed by atoms with E-state index in [2.05, 4.69) is 21.2 Å². The van der Waals surface area contributed by atoms with E-state index in [-0.39, 0.29) is 5.97 Å². The molecule has 98 valence electrons. The third-order valence-corrected chi connectivity index (χ3v) is 3.66. The van der Waals surface area contributed by atoms with Crippen molar-refractivity contribution >= 4 is 27.6 Å². The van der Waals surface area contributed by atoms with E-state index in [4.69, 9.17) is 9.47 Å². The third kappa shape index (κ3) is 3.23. The van der Waals surface area contributed by atoms with Gasteiger partial charge in [-0.05, 0) is 47.0 Å². The van der Waals surface area contributed by atoms with Crippen molar-refractivity contribution in [2.24, 2.45) is 0 Å². The van der Waals surface area contributed by atoms with E-state index in [1.165, 1.54) is 7.11 Å². The minimum absolute atomic E-state index is 0.336. The Morgan fingerprint density at radius 1 is 1.44 bits per heavy atom. The number of hydrogen-bond donors (Lipinski definition) is 1. The van der Waals surface area contributed by atoms with Crippen molar-refractivity contribution in [1.82, 2.24) is 0 Å². The molecule has 1 aromatic rings. The summed E-state index contributed by atoms with van der Waals surface area (Å²) in [5, 5.41) is 3.42. The van der Waals surface area contributed by atoms with Gasteiger partial charge in [0, 0.05) is 29.4 Å². The third-order valence-electron chi connectivity index (χ3n) is 2.96. The van der Waals surface area contributed by atoms with Crippen LogP contribution in [0.4, 0.5) is 5.69 Å². The molecule has 0 radical (unpaired) electrons. The van der Waals surface area contributed by atoms with Crippen LogP contribution in [0.15, 0.2) is 22.7 Å². The number of methoxy groups -OCH3 is 1. The summed E-state index contributed by atoms with van der Waals surface area (Å²) >= 11 is 3.35. The number of carbonyl (C=O) groups excluding carboxylic acids is 1. The Kier molecular flexibility index (Phi) is 4.60. The van der Waals surface area contributed by atoms with Crippen LogP contribution in [0.25, 0.3) is 0 Å². The summed E-state index contributed by atoms with van der Waals surface area (Å²) in [6.07, 6.45) is 1.98. The van der Waals surface area contributed by atoms with Crippen LogP contribution in [0.5, 0.6) is 0 Å². The number of ether oxygens (including phenoxy) is 2. The molecule has 0 unspecified atom stereocenters. The van der Waals surface area contributed by atoms with Crippen LogP contribution in [0.2, 0.25) is 0 Å². The van der Waals surface area contributed by atoms with Gasteiger partial charge in [0.15, 0.2) is 0 Å². The Hall–Kier alpha value is -1.07. The lowest BCUT2D eigenvalue weighted by Gasteiger charge is -2.24. The van der Waals surface area contributed by atoms with E-state index >= 15 is 0 Å². The zero-order valence-corrected chi connectivity index (χ0v) is 11.8. The SMILES string of the molecule is COC(=O)c1cc(NC2CCOCC2)ccc1Br. The number of nitrogens with one attached hydrogen (secondary N) is 1. The van der Waals surface area contributed by atoms with Crippen molar-refractivity contribution < 1.29 is 14.3 Å². The van der Waals surface area contributed by atoms with E-state index in [1.807, 2.05) is 18.2 Å². The highest BCUT2D eigenvalue weighted by molar-refractivity contribution is 9.10. The molecule has 0 spiro atoms. The van der Waals surface area contributed by atoms with Gasteiger partial charge in [0.05, 0.1) is 12.7 Å². The van der Waals surface area contributed by atoms with Gasteiger partial charge >= 0.3 is 5.97 Å². The van der Waals surface area contributed by atoms with Gasteiger partial charge in [0.1, 0.15) is 0 Å². The first-order chi connectivity index (χ1) is 8.70. The normalized spacial score (nSPS) is 16.3. The molecule has 0 atom stereocenters. The molecule has 0 saturated carbocycles. The highest BCUT2D eigenvalue weighted by atomic mass is 79.9. The summed E-state index contributed by atoms with van der Waals surface area (Å²) < 4.78 is 10.8. The average molecular weight is 314 g/mol. The second-order valence-corrected chi connectivity index (χ2v) is 5.07. The maximum absolute atomic E-state index is 11.6. The molecule has 0 amide bonds. The number of anilines is 1. The molecule has 1 N–H and O–H groups in total.